The molecule has 0 saturated heterocycles. The zero-order valence-electron chi connectivity index (χ0n) is 8.31. The van der Waals surface area contributed by atoms with E-state index in [1.54, 1.807) is 0 Å². The zero-order chi connectivity index (χ0) is 10.1. The third-order valence-corrected chi connectivity index (χ3v) is 2.44. The van der Waals surface area contributed by atoms with Crippen LogP contribution < -0.4 is 56.5 Å². The molecule has 4 nitrogen and oxygen atoms in total. The van der Waals surface area contributed by atoms with Crippen molar-refractivity contribution in [3.63, 3.8) is 0 Å². The van der Waals surface area contributed by atoms with Crippen molar-refractivity contribution in [2.75, 3.05) is 38.6 Å². The topological polar surface area (TPSA) is 66.8 Å². The first-order chi connectivity index (χ1) is 6.20. The Morgan fingerprint density at radius 2 is 1.71 bits per heavy atom. The molecule has 0 aromatic heterocycles. The van der Waals surface area contributed by atoms with Crippen molar-refractivity contribution >= 4 is 28.4 Å². The van der Waals surface area contributed by atoms with E-state index in [1.165, 1.54) is 0 Å². The van der Waals surface area contributed by atoms with Crippen LogP contribution >= 0.6 is 24.0 Å². The Balaban J connectivity index is 0. The molecule has 7 heteroatoms. The van der Waals surface area contributed by atoms with E-state index in [9.17, 15) is 5.11 Å². The smallest absolute Gasteiger partial charge is 0.860 e. The van der Waals surface area contributed by atoms with E-state index >= 15 is 0 Å². The van der Waals surface area contributed by atoms with Gasteiger partial charge in [0, 0.05) is 25.4 Å². The number of hydrogen-bond acceptors (Lipinski definition) is 6. The van der Waals surface area contributed by atoms with Crippen molar-refractivity contribution in [2.24, 2.45) is 0 Å². The van der Waals surface area contributed by atoms with Crippen LogP contribution in [0.4, 0.5) is 0 Å². The Morgan fingerprint density at radius 3 is 2.07 bits per heavy atom. The molecule has 0 rings (SSSR count). The number of thiocarbonyl (C=S) groups is 1. The minimum atomic E-state index is -0.312. The van der Waals surface area contributed by atoms with Crippen LogP contribution in [0.5, 0.6) is 0 Å². The molecule has 0 spiro atoms. The Labute approximate surface area is 136 Å². The molecule has 0 amide bonds. The largest absolute Gasteiger partial charge is 1.00 e. The summed E-state index contributed by atoms with van der Waals surface area (Å²) in [4.78, 5) is 1.88. The fourth-order valence-electron chi connectivity index (χ4n) is 0.876. The zero-order valence-corrected chi connectivity index (χ0v) is 13.1. The van der Waals surface area contributed by atoms with Gasteiger partial charge in [-0.05, 0) is 4.38 Å². The van der Waals surface area contributed by atoms with Crippen LogP contribution in [0, 0.1) is 0 Å². The molecule has 0 aromatic rings. The molecule has 0 saturated carbocycles. The van der Waals surface area contributed by atoms with Crippen molar-refractivity contribution in [1.29, 1.82) is 0 Å². The SMILES string of the molecule is [K+].[O-]C(=S)SCCN(CCO)CCO. The van der Waals surface area contributed by atoms with Gasteiger partial charge in [-0.1, -0.05) is 12.2 Å². The maximum absolute atomic E-state index is 10.4. The molecule has 14 heavy (non-hydrogen) atoms. The molecule has 0 aliphatic rings. The van der Waals surface area contributed by atoms with E-state index in [2.05, 4.69) is 12.2 Å². The first kappa shape index (κ1) is 18.1. The third kappa shape index (κ3) is 11.8. The molecule has 0 fully saturated rings. The predicted octanol–water partition coefficient (Wildman–Crippen LogP) is -4.34. The second kappa shape index (κ2) is 12.8. The fraction of sp³-hybridized carbons (Fsp3) is 0.857. The standard InChI is InChI=1S/C7H15NO3S2.K/c9-4-1-8(2-5-10)3-6-13-7(11)12;/h9-10H,1-6H2,(H,11,12);/q;+1/p-1. The van der Waals surface area contributed by atoms with Gasteiger partial charge in [0.05, 0.1) is 13.2 Å². The monoisotopic (exact) mass is 263 g/mol. The fourth-order valence-corrected chi connectivity index (χ4v) is 1.64. The average molecular weight is 263 g/mol. The summed E-state index contributed by atoms with van der Waals surface area (Å²) in [7, 11) is 0. The van der Waals surface area contributed by atoms with E-state index in [-0.39, 0.29) is 69.0 Å². The Morgan fingerprint density at radius 1 is 1.21 bits per heavy atom. The van der Waals surface area contributed by atoms with E-state index in [0.29, 0.717) is 25.4 Å². The van der Waals surface area contributed by atoms with Gasteiger partial charge in [-0.2, -0.15) is 0 Å². The van der Waals surface area contributed by atoms with E-state index < -0.39 is 0 Å². The van der Waals surface area contributed by atoms with Crippen molar-refractivity contribution < 1.29 is 66.7 Å². The van der Waals surface area contributed by atoms with Crippen LogP contribution in [0.2, 0.25) is 0 Å². The molecule has 0 heterocycles. The molecule has 78 valence electrons. The first-order valence-corrected chi connectivity index (χ1v) is 5.38. The molecule has 0 aliphatic heterocycles. The molecule has 0 atom stereocenters. The maximum Gasteiger partial charge on any atom is 1.00 e. The number of thioether (sulfide) groups is 1. The molecule has 2 N–H and O–H groups in total. The molecule has 0 bridgehead atoms. The maximum atomic E-state index is 10.4. The predicted molar refractivity (Wildman–Crippen MR) is 55.7 cm³/mol. The van der Waals surface area contributed by atoms with Gasteiger partial charge in [0.25, 0.3) is 0 Å². The number of aliphatic hydroxyl groups is 2. The Bertz CT molecular complexity index is 145. The van der Waals surface area contributed by atoms with E-state index in [1.807, 2.05) is 4.90 Å². The molecule has 0 radical (unpaired) electrons. The van der Waals surface area contributed by atoms with Crippen molar-refractivity contribution in [3.05, 3.63) is 0 Å². The van der Waals surface area contributed by atoms with Crippen LogP contribution in [0.25, 0.3) is 0 Å². The summed E-state index contributed by atoms with van der Waals surface area (Å²) in [5.41, 5.74) is 0. The van der Waals surface area contributed by atoms with Crippen LogP contribution in [-0.4, -0.2) is 58.1 Å². The second-order valence-corrected chi connectivity index (χ2v) is 4.08. The summed E-state index contributed by atoms with van der Waals surface area (Å²) in [6, 6.07) is 0. The van der Waals surface area contributed by atoms with E-state index in [0.717, 1.165) is 11.8 Å². The van der Waals surface area contributed by atoms with Gasteiger partial charge in [0.1, 0.15) is 0 Å². The van der Waals surface area contributed by atoms with Crippen LogP contribution in [0.15, 0.2) is 0 Å². The minimum absolute atomic E-state index is 0. The van der Waals surface area contributed by atoms with Gasteiger partial charge in [-0.15, -0.1) is 11.8 Å². The van der Waals surface area contributed by atoms with E-state index in [4.69, 9.17) is 10.2 Å². The van der Waals surface area contributed by atoms with Gasteiger partial charge in [-0.3, -0.25) is 4.90 Å². The van der Waals surface area contributed by atoms with Crippen LogP contribution in [0.3, 0.4) is 0 Å². The Kier molecular flexibility index (Phi) is 16.6. The van der Waals surface area contributed by atoms with Gasteiger partial charge in [0.15, 0.2) is 0 Å². The second-order valence-electron chi connectivity index (χ2n) is 2.39. The summed E-state index contributed by atoms with van der Waals surface area (Å²) in [5, 5.41) is 27.7. The van der Waals surface area contributed by atoms with Gasteiger partial charge < -0.3 is 15.3 Å². The van der Waals surface area contributed by atoms with Gasteiger partial charge in [0.2, 0.25) is 0 Å². The minimum Gasteiger partial charge on any atom is -0.860 e. The first-order valence-electron chi connectivity index (χ1n) is 3.98. The molecular weight excluding hydrogens is 249 g/mol. The van der Waals surface area contributed by atoms with Crippen LogP contribution in [0.1, 0.15) is 0 Å². The summed E-state index contributed by atoms with van der Waals surface area (Å²) >= 11 is 5.45. The number of rotatable bonds is 7. The number of hydrogen-bond donors (Lipinski definition) is 2. The average Bonchev–Trinajstić information content (AvgIpc) is 2.04. The summed E-state index contributed by atoms with van der Waals surface area (Å²) in [6.45, 7) is 1.83. The normalized spacial score (nSPS) is 9.93. The molecular formula is C7H14KNO3S2. The van der Waals surface area contributed by atoms with Crippen LogP contribution in [-0.2, 0) is 0 Å². The summed E-state index contributed by atoms with van der Waals surface area (Å²) < 4.78 is -0.312. The Hall–Kier alpha value is 1.76. The van der Waals surface area contributed by atoms with Crippen molar-refractivity contribution in [2.45, 2.75) is 0 Å². The number of nitrogens with zero attached hydrogens (tertiary/aromatic N) is 1. The summed E-state index contributed by atoms with van der Waals surface area (Å²) in [5.74, 6) is 0.613. The van der Waals surface area contributed by atoms with Crippen molar-refractivity contribution in [3.8, 4) is 0 Å². The molecule has 0 aromatic carbocycles. The van der Waals surface area contributed by atoms with Gasteiger partial charge >= 0.3 is 51.4 Å². The summed E-state index contributed by atoms with van der Waals surface area (Å²) in [6.07, 6.45) is 0. The molecule has 0 aliphatic carbocycles. The number of aliphatic hydroxyl groups excluding tert-OH is 2. The van der Waals surface area contributed by atoms with Crippen molar-refractivity contribution in [1.82, 2.24) is 4.90 Å². The third-order valence-electron chi connectivity index (χ3n) is 1.46. The quantitative estimate of drug-likeness (QED) is 0.358. The van der Waals surface area contributed by atoms with Gasteiger partial charge in [-0.25, -0.2) is 0 Å². The molecule has 0 unspecified atom stereocenters.